The first-order valence-corrected chi connectivity index (χ1v) is 14.4. The number of aromatic nitrogens is 4. The molecule has 5 aromatic rings. The molecule has 3 N–H and O–H groups in total. The smallest absolute Gasteiger partial charge is 0.224 e. The van der Waals surface area contributed by atoms with Gasteiger partial charge in [-0.15, -0.1) is 0 Å². The topological polar surface area (TPSA) is 114 Å². The molecule has 0 bridgehead atoms. The normalized spacial score (nSPS) is 18.1. The minimum absolute atomic E-state index is 0.0540. The summed E-state index contributed by atoms with van der Waals surface area (Å²) in [5.74, 6) is 0.533. The highest BCUT2D eigenvalue weighted by atomic mass is 19.1. The van der Waals surface area contributed by atoms with E-state index in [2.05, 4.69) is 20.6 Å². The molecule has 44 heavy (non-hydrogen) atoms. The van der Waals surface area contributed by atoms with Crippen LogP contribution >= 0.6 is 0 Å². The average molecular weight is 593 g/mol. The highest BCUT2D eigenvalue weighted by Gasteiger charge is 2.35. The Morgan fingerprint density at radius 1 is 0.932 bits per heavy atom. The third kappa shape index (κ3) is 7.16. The van der Waals surface area contributed by atoms with Gasteiger partial charge in [-0.3, -0.25) is 4.79 Å². The fourth-order valence-electron chi connectivity index (χ4n) is 4.92. The molecule has 224 valence electrons. The standard InChI is InChI=1S/C34H33FN6O3/c1-34(20-38-28(42)18-23-8-4-2-5-9-23)21-43-32(44-22-34)31-40-29(25-12-14-26(35)15-13-25)30(41-31)27-16-17-36-33(39-27)37-19-24-10-6-3-7-11-24/h2-17,32H,18-22H2,1H3,(H,38,42)(H,40,41)(H,36,37,39). The molecule has 1 amide bonds. The molecule has 6 rings (SSSR count). The maximum absolute atomic E-state index is 13.8. The Labute approximate surface area is 254 Å². The molecule has 9 nitrogen and oxygen atoms in total. The first-order chi connectivity index (χ1) is 21.4. The quantitative estimate of drug-likeness (QED) is 0.191. The van der Waals surface area contributed by atoms with Gasteiger partial charge in [-0.25, -0.2) is 19.3 Å². The maximum atomic E-state index is 13.8. The Balaban J connectivity index is 1.17. The number of imidazole rings is 1. The number of hydrogen-bond donors (Lipinski definition) is 3. The van der Waals surface area contributed by atoms with E-state index in [4.69, 9.17) is 19.4 Å². The number of H-pyrrole nitrogens is 1. The number of carbonyl (C=O) groups is 1. The van der Waals surface area contributed by atoms with Crippen molar-refractivity contribution in [2.75, 3.05) is 25.1 Å². The molecule has 0 unspecified atom stereocenters. The van der Waals surface area contributed by atoms with Crippen molar-refractivity contribution < 1.29 is 18.7 Å². The van der Waals surface area contributed by atoms with Crippen molar-refractivity contribution in [1.82, 2.24) is 25.3 Å². The summed E-state index contributed by atoms with van der Waals surface area (Å²) >= 11 is 0. The Morgan fingerprint density at radius 2 is 1.61 bits per heavy atom. The van der Waals surface area contributed by atoms with Crippen LogP contribution in [0.4, 0.5) is 10.3 Å². The van der Waals surface area contributed by atoms with Gasteiger partial charge in [0.2, 0.25) is 18.1 Å². The maximum Gasteiger partial charge on any atom is 0.224 e. The summed E-state index contributed by atoms with van der Waals surface area (Å²) in [6.45, 7) is 3.70. The highest BCUT2D eigenvalue weighted by molar-refractivity contribution is 5.78. The van der Waals surface area contributed by atoms with Crippen LogP contribution in [0.1, 0.15) is 30.2 Å². The summed E-state index contributed by atoms with van der Waals surface area (Å²) in [5, 5.41) is 6.27. The fourth-order valence-corrected chi connectivity index (χ4v) is 4.92. The zero-order valence-electron chi connectivity index (χ0n) is 24.3. The molecule has 0 radical (unpaired) electrons. The van der Waals surface area contributed by atoms with Gasteiger partial charge in [0.05, 0.1) is 36.7 Å². The van der Waals surface area contributed by atoms with E-state index in [1.807, 2.05) is 67.6 Å². The van der Waals surface area contributed by atoms with Gasteiger partial charge in [0, 0.05) is 30.3 Å². The largest absolute Gasteiger partial charge is 0.355 e. The number of carbonyl (C=O) groups excluding carboxylic acids is 1. The third-order valence-corrected chi connectivity index (χ3v) is 7.35. The van der Waals surface area contributed by atoms with Gasteiger partial charge in [0.25, 0.3) is 0 Å². The SMILES string of the molecule is CC1(CNC(=O)Cc2ccccc2)COC(c2nc(-c3ccc(F)cc3)c(-c3ccnc(NCc4ccccc4)n3)[nH]2)OC1. The van der Waals surface area contributed by atoms with Crippen molar-refractivity contribution in [2.24, 2.45) is 5.41 Å². The number of rotatable bonds is 10. The lowest BCUT2D eigenvalue weighted by Gasteiger charge is -2.36. The molecule has 1 saturated heterocycles. The lowest BCUT2D eigenvalue weighted by atomic mass is 9.92. The van der Waals surface area contributed by atoms with Gasteiger partial charge in [0.1, 0.15) is 5.82 Å². The third-order valence-electron chi connectivity index (χ3n) is 7.35. The molecular formula is C34H33FN6O3. The first kappa shape index (κ1) is 29.2. The van der Waals surface area contributed by atoms with Crippen molar-refractivity contribution in [3.05, 3.63) is 120 Å². The molecular weight excluding hydrogens is 559 g/mol. The number of nitrogens with zero attached hydrogens (tertiary/aromatic N) is 3. The number of benzene rings is 3. The van der Waals surface area contributed by atoms with E-state index in [9.17, 15) is 9.18 Å². The molecule has 3 heterocycles. The zero-order chi connectivity index (χ0) is 30.4. The van der Waals surface area contributed by atoms with Crippen LogP contribution in [0.3, 0.4) is 0 Å². The second kappa shape index (κ2) is 13.2. The monoisotopic (exact) mass is 592 g/mol. The number of anilines is 1. The van der Waals surface area contributed by atoms with Crippen molar-refractivity contribution >= 4 is 11.9 Å². The van der Waals surface area contributed by atoms with Crippen LogP contribution < -0.4 is 10.6 Å². The van der Waals surface area contributed by atoms with Crippen LogP contribution in [0.2, 0.25) is 0 Å². The second-order valence-electron chi connectivity index (χ2n) is 11.2. The minimum atomic E-state index is -0.756. The van der Waals surface area contributed by atoms with E-state index in [0.29, 0.717) is 67.1 Å². The molecule has 2 aromatic heterocycles. The molecule has 3 aromatic carbocycles. The van der Waals surface area contributed by atoms with E-state index in [-0.39, 0.29) is 11.7 Å². The van der Waals surface area contributed by atoms with Crippen LogP contribution in [0.15, 0.2) is 97.2 Å². The molecule has 0 spiro atoms. The van der Waals surface area contributed by atoms with E-state index >= 15 is 0 Å². The molecule has 10 heteroatoms. The van der Waals surface area contributed by atoms with Crippen LogP contribution in [-0.2, 0) is 27.2 Å². The van der Waals surface area contributed by atoms with Gasteiger partial charge >= 0.3 is 0 Å². The highest BCUT2D eigenvalue weighted by Crippen LogP contribution is 2.35. The Morgan fingerprint density at radius 3 is 2.32 bits per heavy atom. The zero-order valence-corrected chi connectivity index (χ0v) is 24.3. The average Bonchev–Trinajstić information content (AvgIpc) is 3.50. The lowest BCUT2D eigenvalue weighted by molar-refractivity contribution is -0.232. The Bertz CT molecular complexity index is 1690. The van der Waals surface area contributed by atoms with Crippen molar-refractivity contribution in [3.63, 3.8) is 0 Å². The van der Waals surface area contributed by atoms with Gasteiger partial charge in [-0.05, 0) is 41.5 Å². The first-order valence-electron chi connectivity index (χ1n) is 14.4. The summed E-state index contributed by atoms with van der Waals surface area (Å²) in [6, 6.07) is 27.5. The summed E-state index contributed by atoms with van der Waals surface area (Å²) < 4.78 is 26.0. The van der Waals surface area contributed by atoms with Crippen LogP contribution in [-0.4, -0.2) is 45.6 Å². The summed E-state index contributed by atoms with van der Waals surface area (Å²) in [7, 11) is 0. The fraction of sp³-hybridized carbons (Fsp3) is 0.235. The van der Waals surface area contributed by atoms with Crippen molar-refractivity contribution in [1.29, 1.82) is 0 Å². The number of nitrogens with one attached hydrogen (secondary N) is 3. The summed E-state index contributed by atoms with van der Waals surface area (Å²) in [4.78, 5) is 29.8. The van der Waals surface area contributed by atoms with E-state index in [1.165, 1.54) is 12.1 Å². The van der Waals surface area contributed by atoms with Gasteiger partial charge in [-0.2, -0.15) is 0 Å². The van der Waals surface area contributed by atoms with Gasteiger partial charge in [-0.1, -0.05) is 67.6 Å². The molecule has 0 aliphatic carbocycles. The predicted molar refractivity (Wildman–Crippen MR) is 165 cm³/mol. The molecule has 0 saturated carbocycles. The molecule has 1 aliphatic rings. The van der Waals surface area contributed by atoms with Gasteiger partial charge in [0.15, 0.2) is 5.82 Å². The minimum Gasteiger partial charge on any atom is -0.355 e. The Kier molecular flexibility index (Phi) is 8.71. The summed E-state index contributed by atoms with van der Waals surface area (Å²) in [5.41, 5.74) is 4.18. The second-order valence-corrected chi connectivity index (χ2v) is 11.2. The van der Waals surface area contributed by atoms with Crippen molar-refractivity contribution in [2.45, 2.75) is 26.2 Å². The number of amides is 1. The van der Waals surface area contributed by atoms with Crippen LogP contribution in [0.5, 0.6) is 0 Å². The van der Waals surface area contributed by atoms with E-state index in [1.54, 1.807) is 24.4 Å². The molecule has 1 aliphatic heterocycles. The Hall–Kier alpha value is -4.93. The number of hydrogen-bond acceptors (Lipinski definition) is 7. The number of aromatic amines is 1. The lowest BCUT2D eigenvalue weighted by Crippen LogP contribution is -2.45. The van der Waals surface area contributed by atoms with Crippen LogP contribution in [0.25, 0.3) is 22.6 Å². The van der Waals surface area contributed by atoms with E-state index < -0.39 is 11.7 Å². The summed E-state index contributed by atoms with van der Waals surface area (Å²) in [6.07, 6.45) is 1.23. The van der Waals surface area contributed by atoms with Crippen molar-refractivity contribution in [3.8, 4) is 22.6 Å². The molecule has 0 atom stereocenters. The predicted octanol–water partition coefficient (Wildman–Crippen LogP) is 5.70. The van der Waals surface area contributed by atoms with Crippen LogP contribution in [0, 0.1) is 11.2 Å². The molecule has 1 fully saturated rings. The van der Waals surface area contributed by atoms with E-state index in [0.717, 1.165) is 11.1 Å². The number of ether oxygens (including phenoxy) is 2. The van der Waals surface area contributed by atoms with Gasteiger partial charge < -0.3 is 25.1 Å². The number of halogens is 1.